The quantitative estimate of drug-likeness (QED) is 0.306. The molecule has 1 heterocycles. The maximum Gasteiger partial charge on any atom is 0.219 e. The molecule has 2 unspecified atom stereocenters. The van der Waals surface area contributed by atoms with Crippen LogP contribution in [0.5, 0.6) is 0 Å². The minimum Gasteiger partial charge on any atom is -0.394 e. The molecule has 0 aromatic rings. The largest absolute Gasteiger partial charge is 0.394 e. The summed E-state index contributed by atoms with van der Waals surface area (Å²) in [7, 11) is 0. The first-order valence-corrected chi connectivity index (χ1v) is 3.53. The normalized spacial score (nSPS) is 48.2. The van der Waals surface area contributed by atoms with Gasteiger partial charge in [0.1, 0.15) is 18.3 Å². The van der Waals surface area contributed by atoms with Crippen LogP contribution in [0.4, 0.5) is 0 Å². The Balaban J connectivity index is 2.72. The van der Waals surface area contributed by atoms with Gasteiger partial charge in [-0.1, -0.05) is 0 Å². The fourth-order valence-corrected chi connectivity index (χ4v) is 1.15. The molecule has 1 aliphatic heterocycles. The van der Waals surface area contributed by atoms with Crippen LogP contribution in [0.25, 0.3) is 0 Å². The number of rotatable bonds is 2. The lowest BCUT2D eigenvalue weighted by Gasteiger charge is -2.22. The maximum absolute atomic E-state index is 9.25. The van der Waals surface area contributed by atoms with E-state index in [1.165, 1.54) is 0 Å². The van der Waals surface area contributed by atoms with Gasteiger partial charge in [-0.05, 0) is 0 Å². The lowest BCUT2D eigenvalue weighted by atomic mass is 10.1. The van der Waals surface area contributed by atoms with Crippen molar-refractivity contribution in [1.82, 2.24) is 0 Å². The average molecular weight is 180 g/mol. The van der Waals surface area contributed by atoms with Crippen LogP contribution >= 0.6 is 0 Å². The Morgan fingerprint density at radius 3 is 2.08 bits per heavy atom. The average Bonchev–Trinajstić information content (AvgIpc) is 2.31. The lowest BCUT2D eigenvalue weighted by molar-refractivity contribution is -0.248. The Hall–Kier alpha value is -0.240. The molecule has 0 aliphatic carbocycles. The highest BCUT2D eigenvalue weighted by molar-refractivity contribution is 4.94. The first kappa shape index (κ1) is 9.85. The molecule has 0 aromatic heterocycles. The molecular weight excluding hydrogens is 168 g/mol. The zero-order valence-electron chi connectivity index (χ0n) is 6.29. The third-order valence-electron chi connectivity index (χ3n) is 1.93. The molecule has 1 rings (SSSR count). The Morgan fingerprint density at radius 2 is 1.83 bits per heavy atom. The topological polar surface area (TPSA) is 110 Å². The van der Waals surface area contributed by atoms with Crippen molar-refractivity contribution in [2.45, 2.75) is 24.1 Å². The van der Waals surface area contributed by atoms with Gasteiger partial charge in [-0.25, -0.2) is 0 Å². The van der Waals surface area contributed by atoms with Crippen LogP contribution in [-0.2, 0) is 4.74 Å². The van der Waals surface area contributed by atoms with E-state index in [2.05, 4.69) is 4.74 Å². The molecule has 1 aliphatic rings. The van der Waals surface area contributed by atoms with Gasteiger partial charge in [0.2, 0.25) is 5.79 Å². The molecular formula is C6H12O6. The van der Waals surface area contributed by atoms with Gasteiger partial charge in [0, 0.05) is 0 Å². The molecule has 1 saturated heterocycles. The summed E-state index contributed by atoms with van der Waals surface area (Å²) in [6, 6.07) is 0. The predicted molar refractivity (Wildman–Crippen MR) is 36.0 cm³/mol. The van der Waals surface area contributed by atoms with Gasteiger partial charge in [-0.15, -0.1) is 0 Å². The molecule has 0 aromatic carbocycles. The van der Waals surface area contributed by atoms with E-state index in [9.17, 15) is 5.11 Å². The number of hydrogen-bond donors (Lipinski definition) is 5. The summed E-state index contributed by atoms with van der Waals surface area (Å²) in [5.74, 6) is -2.16. The molecule has 6 nitrogen and oxygen atoms in total. The molecule has 12 heavy (non-hydrogen) atoms. The number of ether oxygens (including phenoxy) is 1. The van der Waals surface area contributed by atoms with E-state index < -0.39 is 37.3 Å². The molecule has 6 heteroatoms. The van der Waals surface area contributed by atoms with Gasteiger partial charge in [0.05, 0.1) is 13.2 Å². The van der Waals surface area contributed by atoms with Crippen LogP contribution in [0.2, 0.25) is 0 Å². The molecule has 0 radical (unpaired) electrons. The number of aliphatic hydroxyl groups is 5. The summed E-state index contributed by atoms with van der Waals surface area (Å²) < 4.78 is 4.63. The summed E-state index contributed by atoms with van der Waals surface area (Å²) in [6.07, 6.45) is -4.04. The van der Waals surface area contributed by atoms with Crippen LogP contribution in [0.3, 0.4) is 0 Å². The van der Waals surface area contributed by atoms with E-state index in [1.54, 1.807) is 0 Å². The van der Waals surface area contributed by atoms with Gasteiger partial charge in [-0.3, -0.25) is 0 Å². The second-order valence-corrected chi connectivity index (χ2v) is 2.78. The Bertz CT molecular complexity index is 162. The van der Waals surface area contributed by atoms with Crippen molar-refractivity contribution in [3.05, 3.63) is 0 Å². The molecule has 1 fully saturated rings. The Labute approximate surface area is 68.6 Å². The second kappa shape index (κ2) is 3.25. The first-order chi connectivity index (χ1) is 5.55. The highest BCUT2D eigenvalue weighted by Gasteiger charge is 2.52. The summed E-state index contributed by atoms with van der Waals surface area (Å²) >= 11 is 0. The van der Waals surface area contributed by atoms with Gasteiger partial charge in [0.15, 0.2) is 0 Å². The summed E-state index contributed by atoms with van der Waals surface area (Å²) in [4.78, 5) is 0. The van der Waals surface area contributed by atoms with Gasteiger partial charge < -0.3 is 30.3 Å². The third kappa shape index (κ3) is 1.33. The number of aliphatic hydroxyl groups excluding tert-OH is 4. The van der Waals surface area contributed by atoms with Crippen LogP contribution in [-0.4, -0.2) is 62.8 Å². The minimum atomic E-state index is -2.16. The van der Waals surface area contributed by atoms with Crippen LogP contribution < -0.4 is 0 Å². The Kier molecular flexibility index (Phi) is 2.67. The summed E-state index contributed by atoms with van der Waals surface area (Å²) in [6.45, 7) is -1.36. The lowest BCUT2D eigenvalue weighted by Crippen LogP contribution is -2.46. The van der Waals surface area contributed by atoms with Crippen molar-refractivity contribution in [2.24, 2.45) is 0 Å². The van der Waals surface area contributed by atoms with Crippen molar-refractivity contribution in [3.63, 3.8) is 0 Å². The highest BCUT2D eigenvalue weighted by Crippen LogP contribution is 2.28. The minimum absolute atomic E-state index is 0.527. The molecule has 0 amide bonds. The molecule has 4 atom stereocenters. The van der Waals surface area contributed by atoms with E-state index in [4.69, 9.17) is 20.4 Å². The molecule has 0 bridgehead atoms. The van der Waals surface area contributed by atoms with Crippen molar-refractivity contribution in [2.75, 3.05) is 13.2 Å². The fraction of sp³-hybridized carbons (Fsp3) is 1.00. The molecule has 5 N–H and O–H groups in total. The van der Waals surface area contributed by atoms with Gasteiger partial charge in [0.25, 0.3) is 0 Å². The van der Waals surface area contributed by atoms with Crippen molar-refractivity contribution in [3.8, 4) is 0 Å². The van der Waals surface area contributed by atoms with E-state index in [-0.39, 0.29) is 0 Å². The van der Waals surface area contributed by atoms with Gasteiger partial charge in [-0.2, -0.15) is 0 Å². The first-order valence-electron chi connectivity index (χ1n) is 3.53. The maximum atomic E-state index is 9.25. The molecule has 72 valence electrons. The second-order valence-electron chi connectivity index (χ2n) is 2.78. The highest BCUT2D eigenvalue weighted by atomic mass is 16.7. The predicted octanol–water partition coefficient (Wildman–Crippen LogP) is -3.22. The molecule has 0 spiro atoms. The zero-order valence-corrected chi connectivity index (χ0v) is 6.29. The van der Waals surface area contributed by atoms with Crippen molar-refractivity contribution >= 4 is 0 Å². The van der Waals surface area contributed by atoms with Crippen LogP contribution in [0, 0.1) is 0 Å². The summed E-state index contributed by atoms with van der Waals surface area (Å²) in [5.41, 5.74) is 0. The zero-order chi connectivity index (χ0) is 9.35. The smallest absolute Gasteiger partial charge is 0.219 e. The van der Waals surface area contributed by atoms with Crippen LogP contribution in [0.15, 0.2) is 0 Å². The van der Waals surface area contributed by atoms with E-state index in [0.717, 1.165) is 0 Å². The van der Waals surface area contributed by atoms with Crippen molar-refractivity contribution < 1.29 is 30.3 Å². The van der Waals surface area contributed by atoms with E-state index in [1.807, 2.05) is 0 Å². The number of hydrogen-bond acceptors (Lipinski definition) is 6. The molecule has 0 saturated carbocycles. The SMILES string of the molecule is OCC1OC(O)(CO)[C@@H](O)[C@@H]1O. The summed E-state index contributed by atoms with van der Waals surface area (Å²) in [5, 5.41) is 44.7. The van der Waals surface area contributed by atoms with Crippen molar-refractivity contribution in [1.29, 1.82) is 0 Å². The van der Waals surface area contributed by atoms with Gasteiger partial charge >= 0.3 is 0 Å². The van der Waals surface area contributed by atoms with Crippen LogP contribution in [0.1, 0.15) is 0 Å². The Morgan fingerprint density at radius 1 is 1.25 bits per heavy atom. The van der Waals surface area contributed by atoms with E-state index >= 15 is 0 Å². The monoisotopic (exact) mass is 180 g/mol. The standard InChI is InChI=1S/C6H12O6/c7-1-3-4(9)5(10)6(11,2-8)12-3/h3-5,7-11H,1-2H2/t3?,4-,5+,6?/m1/s1. The third-order valence-corrected chi connectivity index (χ3v) is 1.93. The fourth-order valence-electron chi connectivity index (χ4n) is 1.15. The van der Waals surface area contributed by atoms with E-state index in [0.29, 0.717) is 0 Å².